The molecule has 0 aliphatic carbocycles. The number of ketones is 1. The van der Waals surface area contributed by atoms with Crippen molar-refractivity contribution in [2.24, 2.45) is 10.8 Å². The number of carbonyl (C=O) groups is 1. The van der Waals surface area contributed by atoms with Crippen LogP contribution in [-0.2, 0) is 4.79 Å². The van der Waals surface area contributed by atoms with Gasteiger partial charge in [0.25, 0.3) is 0 Å². The summed E-state index contributed by atoms with van der Waals surface area (Å²) < 4.78 is 0. The third-order valence-corrected chi connectivity index (χ3v) is 2.62. The smallest absolute Gasteiger partial charge is 0.135 e. The lowest BCUT2D eigenvalue weighted by atomic mass is 9.73. The van der Waals surface area contributed by atoms with E-state index in [0.29, 0.717) is 0 Å². The van der Waals surface area contributed by atoms with E-state index in [1.807, 2.05) is 27.7 Å². The van der Waals surface area contributed by atoms with Gasteiger partial charge >= 0.3 is 0 Å². The average Bonchev–Trinajstić information content (AvgIpc) is 2.02. The van der Waals surface area contributed by atoms with Gasteiger partial charge in [0.1, 0.15) is 5.78 Å². The van der Waals surface area contributed by atoms with Gasteiger partial charge in [0.15, 0.2) is 0 Å². The Morgan fingerprint density at radius 1 is 1.06 bits per heavy atom. The van der Waals surface area contributed by atoms with Gasteiger partial charge in [-0.3, -0.25) is 4.79 Å². The highest BCUT2D eigenvalue weighted by molar-refractivity contribution is 5.81. The lowest BCUT2D eigenvalue weighted by Gasteiger charge is -2.35. The molecule has 0 amide bonds. The molecular weight excluding hydrogens is 198 g/mol. The van der Waals surface area contributed by atoms with Crippen molar-refractivity contribution in [2.75, 3.05) is 20.6 Å². The minimum absolute atomic E-state index is 0.193. The molecule has 0 aromatic heterocycles. The SMILES string of the molecule is CC.CC(=O)C(C)(C)CC(C)(C)CN(C)C. The van der Waals surface area contributed by atoms with Crippen LogP contribution in [0.3, 0.4) is 0 Å². The van der Waals surface area contributed by atoms with Crippen LogP contribution in [0, 0.1) is 10.8 Å². The second kappa shape index (κ2) is 7.05. The Morgan fingerprint density at radius 3 is 1.69 bits per heavy atom. The van der Waals surface area contributed by atoms with E-state index in [2.05, 4.69) is 32.8 Å². The van der Waals surface area contributed by atoms with Crippen molar-refractivity contribution in [1.29, 1.82) is 0 Å². The summed E-state index contributed by atoms with van der Waals surface area (Å²) in [6.07, 6.45) is 0.938. The predicted molar refractivity (Wildman–Crippen MR) is 72.8 cm³/mol. The van der Waals surface area contributed by atoms with Crippen LogP contribution in [0.2, 0.25) is 0 Å². The molecule has 2 heteroatoms. The standard InChI is InChI=1S/C12H25NO.C2H6/c1-10(14)12(4,5)8-11(2,3)9-13(6)7;1-2/h8-9H2,1-7H3;1-2H3. The molecule has 0 atom stereocenters. The quantitative estimate of drug-likeness (QED) is 0.718. The van der Waals surface area contributed by atoms with Crippen molar-refractivity contribution in [3.8, 4) is 0 Å². The molecule has 0 rings (SSSR count). The molecule has 0 saturated carbocycles. The van der Waals surface area contributed by atoms with Gasteiger partial charge in [0.2, 0.25) is 0 Å². The van der Waals surface area contributed by atoms with Crippen LogP contribution < -0.4 is 0 Å². The zero-order valence-corrected chi connectivity index (χ0v) is 12.8. The molecule has 0 bridgehead atoms. The summed E-state index contributed by atoms with van der Waals surface area (Å²) in [5, 5.41) is 0. The van der Waals surface area contributed by atoms with Crippen molar-refractivity contribution in [1.82, 2.24) is 4.90 Å². The van der Waals surface area contributed by atoms with E-state index in [1.54, 1.807) is 6.92 Å². The number of rotatable bonds is 5. The van der Waals surface area contributed by atoms with Gasteiger partial charge in [0.05, 0.1) is 0 Å². The van der Waals surface area contributed by atoms with E-state index < -0.39 is 0 Å². The Balaban J connectivity index is 0. The molecule has 0 aromatic rings. The molecule has 0 heterocycles. The highest BCUT2D eigenvalue weighted by Gasteiger charge is 2.32. The normalized spacial score (nSPS) is 12.1. The summed E-state index contributed by atoms with van der Waals surface area (Å²) in [5.41, 5.74) is -0.00181. The fraction of sp³-hybridized carbons (Fsp3) is 0.929. The Hall–Kier alpha value is -0.370. The summed E-state index contributed by atoms with van der Waals surface area (Å²) in [6, 6.07) is 0. The number of carbonyl (C=O) groups excluding carboxylic acids is 1. The topological polar surface area (TPSA) is 20.3 Å². The van der Waals surface area contributed by atoms with Crippen LogP contribution in [0.25, 0.3) is 0 Å². The van der Waals surface area contributed by atoms with Crippen molar-refractivity contribution in [3.63, 3.8) is 0 Å². The fourth-order valence-corrected chi connectivity index (χ4v) is 2.23. The zero-order chi connectivity index (χ0) is 13.6. The van der Waals surface area contributed by atoms with Gasteiger partial charge in [-0.25, -0.2) is 0 Å². The number of nitrogens with zero attached hydrogens (tertiary/aromatic N) is 1. The number of Topliss-reactive ketones (excluding diaryl/α,β-unsaturated/α-hetero) is 1. The van der Waals surface area contributed by atoms with Gasteiger partial charge in [0, 0.05) is 12.0 Å². The Kier molecular flexibility index (Phi) is 7.94. The first kappa shape index (κ1) is 18.0. The highest BCUT2D eigenvalue weighted by Crippen LogP contribution is 2.34. The summed E-state index contributed by atoms with van der Waals surface area (Å²) >= 11 is 0. The van der Waals surface area contributed by atoms with Gasteiger partial charge in [-0.05, 0) is 32.9 Å². The van der Waals surface area contributed by atoms with Crippen LogP contribution in [0.5, 0.6) is 0 Å². The van der Waals surface area contributed by atoms with Crippen LogP contribution in [-0.4, -0.2) is 31.3 Å². The van der Waals surface area contributed by atoms with Crippen LogP contribution >= 0.6 is 0 Å². The average molecular weight is 229 g/mol. The molecule has 0 fully saturated rings. The molecule has 0 spiro atoms. The molecule has 0 unspecified atom stereocenters. The summed E-state index contributed by atoms with van der Waals surface area (Å²) in [6.45, 7) is 15.2. The maximum atomic E-state index is 11.4. The minimum atomic E-state index is -0.195. The van der Waals surface area contributed by atoms with E-state index in [4.69, 9.17) is 0 Å². The third kappa shape index (κ3) is 7.86. The molecule has 2 nitrogen and oxygen atoms in total. The van der Waals surface area contributed by atoms with Crippen molar-refractivity contribution in [2.45, 2.75) is 54.9 Å². The van der Waals surface area contributed by atoms with Gasteiger partial charge in [-0.2, -0.15) is 0 Å². The first-order valence-corrected chi connectivity index (χ1v) is 6.23. The van der Waals surface area contributed by atoms with Gasteiger partial charge in [-0.1, -0.05) is 41.5 Å². The molecule has 0 radical (unpaired) electrons. The van der Waals surface area contributed by atoms with E-state index in [0.717, 1.165) is 13.0 Å². The molecule has 0 saturated heterocycles. The van der Waals surface area contributed by atoms with Crippen LogP contribution in [0.1, 0.15) is 54.9 Å². The summed E-state index contributed by atoms with van der Waals surface area (Å²) in [4.78, 5) is 13.6. The number of hydrogen-bond acceptors (Lipinski definition) is 2. The van der Waals surface area contributed by atoms with E-state index in [-0.39, 0.29) is 16.6 Å². The fourth-order valence-electron chi connectivity index (χ4n) is 2.23. The Morgan fingerprint density at radius 2 is 1.44 bits per heavy atom. The summed E-state index contributed by atoms with van der Waals surface area (Å²) in [5.74, 6) is 0.282. The second-order valence-electron chi connectivity index (χ2n) is 6.02. The predicted octanol–water partition coefficient (Wildman–Crippen LogP) is 3.61. The van der Waals surface area contributed by atoms with Crippen LogP contribution in [0.15, 0.2) is 0 Å². The molecule has 0 aliphatic heterocycles. The highest BCUT2D eigenvalue weighted by atomic mass is 16.1. The second-order valence-corrected chi connectivity index (χ2v) is 6.02. The van der Waals surface area contributed by atoms with E-state index in [9.17, 15) is 4.79 Å². The summed E-state index contributed by atoms with van der Waals surface area (Å²) in [7, 11) is 4.14. The first-order valence-electron chi connectivity index (χ1n) is 6.23. The largest absolute Gasteiger partial charge is 0.309 e. The van der Waals surface area contributed by atoms with Crippen molar-refractivity contribution < 1.29 is 4.79 Å². The van der Waals surface area contributed by atoms with Gasteiger partial charge < -0.3 is 4.90 Å². The van der Waals surface area contributed by atoms with E-state index >= 15 is 0 Å². The first-order chi connectivity index (χ1) is 7.07. The maximum absolute atomic E-state index is 11.4. The minimum Gasteiger partial charge on any atom is -0.309 e. The lowest BCUT2D eigenvalue weighted by molar-refractivity contribution is -0.126. The number of hydrogen-bond donors (Lipinski definition) is 0. The third-order valence-electron chi connectivity index (χ3n) is 2.62. The van der Waals surface area contributed by atoms with E-state index in [1.165, 1.54) is 0 Å². The molecule has 0 aliphatic rings. The Bertz CT molecular complexity index is 205. The molecule has 0 N–H and O–H groups in total. The molecule has 16 heavy (non-hydrogen) atoms. The zero-order valence-electron chi connectivity index (χ0n) is 12.8. The lowest BCUT2D eigenvalue weighted by Crippen LogP contribution is -2.35. The van der Waals surface area contributed by atoms with Crippen molar-refractivity contribution in [3.05, 3.63) is 0 Å². The van der Waals surface area contributed by atoms with Gasteiger partial charge in [-0.15, -0.1) is 0 Å². The Labute approximate surface area is 102 Å². The molecule has 98 valence electrons. The molecular formula is C14H31NO. The monoisotopic (exact) mass is 229 g/mol. The molecule has 0 aromatic carbocycles. The van der Waals surface area contributed by atoms with Crippen LogP contribution in [0.4, 0.5) is 0 Å². The maximum Gasteiger partial charge on any atom is 0.135 e. The van der Waals surface area contributed by atoms with Crippen molar-refractivity contribution >= 4 is 5.78 Å².